The van der Waals surface area contributed by atoms with Crippen LogP contribution in [0.15, 0.2) is 18.2 Å². The number of rotatable bonds is 3. The van der Waals surface area contributed by atoms with Crippen LogP contribution in [0.25, 0.3) is 0 Å². The van der Waals surface area contributed by atoms with E-state index in [2.05, 4.69) is 4.74 Å². The largest absolute Gasteiger partial charge is 0.483 e. The van der Waals surface area contributed by atoms with Gasteiger partial charge >= 0.3 is 0 Å². The quantitative estimate of drug-likeness (QED) is 0.406. The molecule has 0 aliphatic heterocycles. The van der Waals surface area contributed by atoms with Crippen molar-refractivity contribution in [2.75, 3.05) is 5.73 Å². The highest BCUT2D eigenvalue weighted by Gasteiger charge is 2.27. The Labute approximate surface area is 114 Å². The predicted octanol–water partition coefficient (Wildman–Crippen LogP) is 3.68. The lowest BCUT2D eigenvalue weighted by Crippen LogP contribution is -2.07. The lowest BCUT2D eigenvalue weighted by atomic mass is 10.2. The smallest absolute Gasteiger partial charge is 0.207 e. The number of halogens is 6. The maximum absolute atomic E-state index is 13.3. The Morgan fingerprint density at radius 3 is 1.86 bits per heavy atom. The van der Waals surface area contributed by atoms with Crippen molar-refractivity contribution >= 4 is 5.69 Å². The standard InChI is InChI=1S/C13H7F6NO/c14-6-3-5(1-2-7(6)20)4-21-13-11(18)9(16)8(15)10(17)12(13)19/h1-3H,4,20H2. The number of hydrogen-bond acceptors (Lipinski definition) is 2. The number of hydrogen-bond donors (Lipinski definition) is 1. The van der Waals surface area contributed by atoms with E-state index in [4.69, 9.17) is 5.73 Å². The lowest BCUT2D eigenvalue weighted by molar-refractivity contribution is 0.253. The molecule has 0 saturated carbocycles. The van der Waals surface area contributed by atoms with Crippen LogP contribution < -0.4 is 10.5 Å². The van der Waals surface area contributed by atoms with Crippen LogP contribution >= 0.6 is 0 Å². The van der Waals surface area contributed by atoms with Crippen molar-refractivity contribution < 1.29 is 31.1 Å². The molecular weight excluding hydrogens is 300 g/mol. The minimum Gasteiger partial charge on any atom is -0.483 e. The molecular formula is C13H7F6NO. The Bertz CT molecular complexity index is 675. The summed E-state index contributed by atoms with van der Waals surface area (Å²) in [7, 11) is 0. The predicted molar refractivity (Wildman–Crippen MR) is 61.4 cm³/mol. The van der Waals surface area contributed by atoms with Crippen molar-refractivity contribution in [3.05, 3.63) is 58.7 Å². The summed E-state index contributed by atoms with van der Waals surface area (Å²) in [5.41, 5.74) is 5.17. The monoisotopic (exact) mass is 307 g/mol. The third kappa shape index (κ3) is 2.74. The Morgan fingerprint density at radius 2 is 1.33 bits per heavy atom. The van der Waals surface area contributed by atoms with Crippen molar-refractivity contribution in [3.63, 3.8) is 0 Å². The van der Waals surface area contributed by atoms with Gasteiger partial charge in [0, 0.05) is 0 Å². The number of nitrogen functional groups attached to an aromatic ring is 1. The highest BCUT2D eigenvalue weighted by atomic mass is 19.2. The maximum Gasteiger partial charge on any atom is 0.207 e. The molecule has 2 nitrogen and oxygen atoms in total. The molecule has 0 amide bonds. The van der Waals surface area contributed by atoms with Gasteiger partial charge in [-0.1, -0.05) is 6.07 Å². The first kappa shape index (κ1) is 15.0. The van der Waals surface area contributed by atoms with Gasteiger partial charge in [-0.25, -0.2) is 17.6 Å². The van der Waals surface area contributed by atoms with Crippen LogP contribution in [0.1, 0.15) is 5.56 Å². The lowest BCUT2D eigenvalue weighted by Gasteiger charge is -2.10. The van der Waals surface area contributed by atoms with Gasteiger partial charge in [0.25, 0.3) is 0 Å². The average molecular weight is 307 g/mol. The normalized spacial score (nSPS) is 10.8. The Hall–Kier alpha value is -2.38. The van der Waals surface area contributed by atoms with Gasteiger partial charge < -0.3 is 10.5 Å². The first-order chi connectivity index (χ1) is 9.82. The summed E-state index contributed by atoms with van der Waals surface area (Å²) in [5.74, 6) is -12.9. The van der Waals surface area contributed by atoms with E-state index < -0.39 is 47.3 Å². The van der Waals surface area contributed by atoms with E-state index >= 15 is 0 Å². The first-order valence-corrected chi connectivity index (χ1v) is 5.51. The van der Waals surface area contributed by atoms with Crippen LogP contribution in [0.2, 0.25) is 0 Å². The van der Waals surface area contributed by atoms with E-state index in [0.29, 0.717) is 0 Å². The minimum absolute atomic E-state index is 0.102. The second-order valence-electron chi connectivity index (χ2n) is 4.04. The van der Waals surface area contributed by atoms with E-state index in [1.807, 2.05) is 0 Å². The van der Waals surface area contributed by atoms with Gasteiger partial charge in [0.05, 0.1) is 5.69 Å². The summed E-state index contributed by atoms with van der Waals surface area (Å²) in [4.78, 5) is 0. The summed E-state index contributed by atoms with van der Waals surface area (Å²) in [6, 6.07) is 3.37. The number of nitrogens with two attached hydrogens (primary N) is 1. The number of anilines is 1. The van der Waals surface area contributed by atoms with E-state index in [-0.39, 0.29) is 11.3 Å². The van der Waals surface area contributed by atoms with E-state index in [1.54, 1.807) is 0 Å². The SMILES string of the molecule is Nc1ccc(COc2c(F)c(F)c(F)c(F)c2F)cc1F. The van der Waals surface area contributed by atoms with Crippen molar-refractivity contribution in [2.24, 2.45) is 0 Å². The van der Waals surface area contributed by atoms with Crippen LogP contribution in [0.5, 0.6) is 5.75 Å². The maximum atomic E-state index is 13.3. The average Bonchev–Trinajstić information content (AvgIpc) is 2.46. The Balaban J connectivity index is 2.30. The molecule has 0 radical (unpaired) electrons. The van der Waals surface area contributed by atoms with Crippen LogP contribution in [-0.2, 0) is 6.61 Å². The van der Waals surface area contributed by atoms with Gasteiger partial charge in [0.15, 0.2) is 5.75 Å². The molecule has 0 spiro atoms. The molecule has 2 rings (SSSR count). The summed E-state index contributed by atoms with van der Waals surface area (Å²) >= 11 is 0. The Morgan fingerprint density at radius 1 is 0.810 bits per heavy atom. The molecule has 0 aromatic heterocycles. The molecule has 0 fully saturated rings. The molecule has 0 atom stereocenters. The van der Waals surface area contributed by atoms with Crippen LogP contribution in [-0.4, -0.2) is 0 Å². The minimum atomic E-state index is -2.28. The molecule has 0 aliphatic rings. The number of benzene rings is 2. The van der Waals surface area contributed by atoms with E-state index in [1.165, 1.54) is 12.1 Å². The van der Waals surface area contributed by atoms with Crippen molar-refractivity contribution in [1.82, 2.24) is 0 Å². The molecule has 2 aromatic carbocycles. The zero-order valence-electron chi connectivity index (χ0n) is 10.2. The third-order valence-electron chi connectivity index (χ3n) is 2.62. The summed E-state index contributed by atoms with van der Waals surface area (Å²) in [6.07, 6.45) is 0. The number of ether oxygens (including phenoxy) is 1. The third-order valence-corrected chi connectivity index (χ3v) is 2.62. The van der Waals surface area contributed by atoms with Crippen molar-refractivity contribution in [3.8, 4) is 5.75 Å². The molecule has 21 heavy (non-hydrogen) atoms. The fourth-order valence-electron chi connectivity index (χ4n) is 1.53. The van der Waals surface area contributed by atoms with Crippen molar-refractivity contribution in [2.45, 2.75) is 6.61 Å². The fraction of sp³-hybridized carbons (Fsp3) is 0.0769. The molecule has 112 valence electrons. The molecule has 0 unspecified atom stereocenters. The van der Waals surface area contributed by atoms with Crippen LogP contribution in [0.4, 0.5) is 32.0 Å². The highest BCUT2D eigenvalue weighted by Crippen LogP contribution is 2.29. The van der Waals surface area contributed by atoms with Gasteiger partial charge in [-0.2, -0.15) is 8.78 Å². The fourth-order valence-corrected chi connectivity index (χ4v) is 1.53. The molecule has 2 N–H and O–H groups in total. The van der Waals surface area contributed by atoms with Crippen LogP contribution in [0.3, 0.4) is 0 Å². The molecule has 8 heteroatoms. The van der Waals surface area contributed by atoms with Crippen molar-refractivity contribution in [1.29, 1.82) is 0 Å². The van der Waals surface area contributed by atoms with Gasteiger partial charge in [0.1, 0.15) is 12.4 Å². The van der Waals surface area contributed by atoms with E-state index in [9.17, 15) is 26.3 Å². The zero-order valence-corrected chi connectivity index (χ0v) is 10.2. The zero-order chi connectivity index (χ0) is 15.7. The summed E-state index contributed by atoms with van der Waals surface area (Å²) in [5, 5.41) is 0. The second kappa shape index (κ2) is 5.55. The second-order valence-corrected chi connectivity index (χ2v) is 4.04. The van der Waals surface area contributed by atoms with Gasteiger partial charge in [-0.3, -0.25) is 0 Å². The molecule has 2 aromatic rings. The Kier molecular flexibility index (Phi) is 3.97. The van der Waals surface area contributed by atoms with E-state index in [0.717, 1.165) is 6.07 Å². The van der Waals surface area contributed by atoms with Gasteiger partial charge in [0.2, 0.25) is 29.1 Å². The first-order valence-electron chi connectivity index (χ1n) is 5.51. The van der Waals surface area contributed by atoms with Crippen LogP contribution in [0, 0.1) is 34.9 Å². The molecule has 0 saturated heterocycles. The summed E-state index contributed by atoms with van der Waals surface area (Å²) < 4.78 is 83.0. The topological polar surface area (TPSA) is 35.2 Å². The molecule has 0 heterocycles. The van der Waals surface area contributed by atoms with Gasteiger partial charge in [-0.15, -0.1) is 0 Å². The van der Waals surface area contributed by atoms with Gasteiger partial charge in [-0.05, 0) is 17.7 Å². The molecule has 0 bridgehead atoms. The summed E-state index contributed by atoms with van der Waals surface area (Å²) in [6.45, 7) is -0.602. The molecule has 0 aliphatic carbocycles. The highest BCUT2D eigenvalue weighted by molar-refractivity contribution is 5.41.